The van der Waals surface area contributed by atoms with E-state index in [1.165, 1.54) is 0 Å². The highest BCUT2D eigenvalue weighted by atomic mass is 15.4. The summed E-state index contributed by atoms with van der Waals surface area (Å²) in [5.41, 5.74) is 3.64. The number of hydrogen-bond donors (Lipinski definition) is 2. The zero-order chi connectivity index (χ0) is 13.0. The van der Waals surface area contributed by atoms with Gasteiger partial charge in [-0.25, -0.2) is 10.8 Å². The Morgan fingerprint density at radius 2 is 2.06 bits per heavy atom. The van der Waals surface area contributed by atoms with Crippen molar-refractivity contribution in [2.75, 3.05) is 26.7 Å². The first-order valence-corrected chi connectivity index (χ1v) is 6.26. The quantitative estimate of drug-likeness (QED) is 0.333. The fourth-order valence-electron chi connectivity index (χ4n) is 2.26. The van der Waals surface area contributed by atoms with Crippen molar-refractivity contribution in [3.05, 3.63) is 30.3 Å². The maximum Gasteiger partial charge on any atom is 0.213 e. The molecular weight excluding hydrogens is 226 g/mol. The van der Waals surface area contributed by atoms with E-state index in [2.05, 4.69) is 34.2 Å². The van der Waals surface area contributed by atoms with Crippen LogP contribution in [0.25, 0.3) is 0 Å². The molecule has 0 amide bonds. The van der Waals surface area contributed by atoms with Gasteiger partial charge in [0.25, 0.3) is 0 Å². The molecule has 5 nitrogen and oxygen atoms in total. The van der Waals surface area contributed by atoms with Crippen molar-refractivity contribution in [3.8, 4) is 0 Å². The van der Waals surface area contributed by atoms with Gasteiger partial charge in [0.1, 0.15) is 0 Å². The molecule has 1 heterocycles. The highest BCUT2D eigenvalue weighted by Crippen LogP contribution is 2.13. The zero-order valence-corrected chi connectivity index (χ0v) is 11.0. The number of hydrazine groups is 1. The Labute approximate surface area is 108 Å². The monoisotopic (exact) mass is 247 g/mol. The minimum Gasteiger partial charge on any atom is -0.336 e. The van der Waals surface area contributed by atoms with Crippen molar-refractivity contribution in [1.82, 2.24) is 15.2 Å². The summed E-state index contributed by atoms with van der Waals surface area (Å²) < 4.78 is 0. The van der Waals surface area contributed by atoms with Crippen molar-refractivity contribution >= 4 is 11.6 Å². The predicted octanol–water partition coefficient (Wildman–Crippen LogP) is 0.773. The Morgan fingerprint density at radius 3 is 2.67 bits per heavy atom. The number of benzene rings is 1. The number of aliphatic imine (C=N–C) groups is 1. The van der Waals surface area contributed by atoms with Gasteiger partial charge in [-0.2, -0.15) is 0 Å². The second kappa shape index (κ2) is 5.84. The van der Waals surface area contributed by atoms with E-state index in [0.717, 1.165) is 31.3 Å². The standard InChI is InChI=1S/C13H21N5/c1-11-10-17(2)8-9-18(11)13(16-14)15-12-6-4-3-5-7-12/h3-7,11H,8-10,14H2,1-2H3,(H,15,16). The van der Waals surface area contributed by atoms with Crippen LogP contribution in [0, 0.1) is 0 Å². The number of hydrogen-bond acceptors (Lipinski definition) is 3. The molecule has 98 valence electrons. The summed E-state index contributed by atoms with van der Waals surface area (Å²) in [7, 11) is 2.14. The first-order chi connectivity index (χ1) is 8.70. The van der Waals surface area contributed by atoms with Gasteiger partial charge in [0.2, 0.25) is 5.96 Å². The van der Waals surface area contributed by atoms with Gasteiger partial charge in [-0.15, -0.1) is 0 Å². The summed E-state index contributed by atoms with van der Waals surface area (Å²) in [5, 5.41) is 0. The molecule has 3 N–H and O–H groups in total. The van der Waals surface area contributed by atoms with Crippen LogP contribution >= 0.6 is 0 Å². The third kappa shape index (κ3) is 3.00. The number of likely N-dealkylation sites (N-methyl/N-ethyl adjacent to an activating group) is 1. The maximum absolute atomic E-state index is 5.61. The van der Waals surface area contributed by atoms with Crippen LogP contribution in [0.15, 0.2) is 35.3 Å². The highest BCUT2D eigenvalue weighted by molar-refractivity contribution is 5.82. The number of nitrogens with two attached hydrogens (primary N) is 1. The summed E-state index contributed by atoms with van der Waals surface area (Å²) >= 11 is 0. The minimum atomic E-state index is 0.405. The van der Waals surface area contributed by atoms with Gasteiger partial charge in [0.05, 0.1) is 5.69 Å². The lowest BCUT2D eigenvalue weighted by Crippen LogP contribution is -2.57. The van der Waals surface area contributed by atoms with E-state index in [1.54, 1.807) is 0 Å². The fraction of sp³-hybridized carbons (Fsp3) is 0.462. The van der Waals surface area contributed by atoms with E-state index in [9.17, 15) is 0 Å². The maximum atomic E-state index is 5.61. The normalized spacial score (nSPS) is 22.1. The minimum absolute atomic E-state index is 0.405. The third-order valence-corrected chi connectivity index (χ3v) is 3.22. The van der Waals surface area contributed by atoms with Gasteiger partial charge >= 0.3 is 0 Å². The number of rotatable bonds is 1. The first kappa shape index (κ1) is 12.9. The molecule has 1 unspecified atom stereocenters. The number of nitrogens with zero attached hydrogens (tertiary/aromatic N) is 3. The largest absolute Gasteiger partial charge is 0.336 e. The van der Waals surface area contributed by atoms with Crippen LogP contribution < -0.4 is 11.3 Å². The molecule has 0 aromatic heterocycles. The molecule has 5 heteroatoms. The molecule has 2 rings (SSSR count). The Bertz CT molecular complexity index is 403. The van der Waals surface area contributed by atoms with Crippen molar-refractivity contribution < 1.29 is 0 Å². The average molecular weight is 247 g/mol. The van der Waals surface area contributed by atoms with Crippen molar-refractivity contribution in [3.63, 3.8) is 0 Å². The van der Waals surface area contributed by atoms with E-state index in [4.69, 9.17) is 5.84 Å². The van der Waals surface area contributed by atoms with Crippen LogP contribution in [0.1, 0.15) is 6.92 Å². The number of para-hydroxylation sites is 1. The molecule has 0 bridgehead atoms. The Balaban J connectivity index is 2.16. The van der Waals surface area contributed by atoms with Crippen LogP contribution in [0.4, 0.5) is 5.69 Å². The van der Waals surface area contributed by atoms with Crippen LogP contribution in [0.5, 0.6) is 0 Å². The molecule has 1 atom stereocenters. The summed E-state index contributed by atoms with van der Waals surface area (Å²) in [6.45, 7) is 5.18. The number of nitrogens with one attached hydrogen (secondary N) is 1. The summed E-state index contributed by atoms with van der Waals surface area (Å²) in [6.07, 6.45) is 0. The second-order valence-corrected chi connectivity index (χ2v) is 4.72. The molecule has 0 radical (unpaired) electrons. The number of guanidine groups is 1. The topological polar surface area (TPSA) is 56.9 Å². The Hall–Kier alpha value is -1.59. The first-order valence-electron chi connectivity index (χ1n) is 6.26. The van der Waals surface area contributed by atoms with Crippen molar-refractivity contribution in [2.45, 2.75) is 13.0 Å². The second-order valence-electron chi connectivity index (χ2n) is 4.72. The molecule has 1 aliphatic heterocycles. The van der Waals surface area contributed by atoms with Crippen LogP contribution in [-0.2, 0) is 0 Å². The highest BCUT2D eigenvalue weighted by Gasteiger charge is 2.23. The average Bonchev–Trinajstić information content (AvgIpc) is 2.38. The molecular formula is C13H21N5. The Kier molecular flexibility index (Phi) is 4.17. The molecule has 18 heavy (non-hydrogen) atoms. The lowest BCUT2D eigenvalue weighted by atomic mass is 10.2. The van der Waals surface area contributed by atoms with E-state index in [-0.39, 0.29) is 0 Å². The van der Waals surface area contributed by atoms with E-state index in [0.29, 0.717) is 6.04 Å². The summed E-state index contributed by atoms with van der Waals surface area (Å²) in [4.78, 5) is 9.10. The van der Waals surface area contributed by atoms with Gasteiger partial charge in [-0.1, -0.05) is 18.2 Å². The van der Waals surface area contributed by atoms with Crippen LogP contribution in [0.2, 0.25) is 0 Å². The van der Waals surface area contributed by atoms with Gasteiger partial charge in [0, 0.05) is 25.7 Å². The molecule has 0 spiro atoms. The molecule has 1 saturated heterocycles. The molecule has 0 saturated carbocycles. The van der Waals surface area contributed by atoms with Gasteiger partial charge < -0.3 is 9.80 Å². The van der Waals surface area contributed by atoms with Crippen LogP contribution in [-0.4, -0.2) is 48.5 Å². The smallest absolute Gasteiger partial charge is 0.213 e. The van der Waals surface area contributed by atoms with Gasteiger partial charge in [-0.05, 0) is 26.1 Å². The molecule has 0 aliphatic carbocycles. The SMILES string of the molecule is CC1CN(C)CCN1C(=Nc1ccccc1)NN. The summed E-state index contributed by atoms with van der Waals surface area (Å²) in [6, 6.07) is 10.3. The third-order valence-electron chi connectivity index (χ3n) is 3.22. The molecule has 1 aromatic carbocycles. The lowest BCUT2D eigenvalue weighted by Gasteiger charge is -2.39. The predicted molar refractivity (Wildman–Crippen MR) is 74.5 cm³/mol. The fourth-order valence-corrected chi connectivity index (χ4v) is 2.26. The molecule has 1 fully saturated rings. The lowest BCUT2D eigenvalue weighted by molar-refractivity contribution is 0.158. The van der Waals surface area contributed by atoms with E-state index >= 15 is 0 Å². The summed E-state index contributed by atoms with van der Waals surface area (Å²) in [5.74, 6) is 6.35. The van der Waals surface area contributed by atoms with Crippen molar-refractivity contribution in [1.29, 1.82) is 0 Å². The van der Waals surface area contributed by atoms with Gasteiger partial charge in [0.15, 0.2) is 0 Å². The van der Waals surface area contributed by atoms with Gasteiger partial charge in [-0.3, -0.25) is 5.43 Å². The number of piperazine rings is 1. The van der Waals surface area contributed by atoms with Crippen LogP contribution in [0.3, 0.4) is 0 Å². The van der Waals surface area contributed by atoms with E-state index in [1.807, 2.05) is 30.3 Å². The van der Waals surface area contributed by atoms with Crippen molar-refractivity contribution in [2.24, 2.45) is 10.8 Å². The molecule has 1 aromatic rings. The molecule has 1 aliphatic rings. The Morgan fingerprint density at radius 1 is 1.33 bits per heavy atom. The zero-order valence-electron chi connectivity index (χ0n) is 11.0. The van der Waals surface area contributed by atoms with E-state index < -0.39 is 0 Å².